The van der Waals surface area contributed by atoms with Gasteiger partial charge in [-0.3, -0.25) is 9.69 Å². The van der Waals surface area contributed by atoms with E-state index in [4.69, 9.17) is 0 Å². The molecule has 1 amide bonds. The van der Waals surface area contributed by atoms with Crippen LogP contribution >= 0.6 is 0 Å². The van der Waals surface area contributed by atoms with Gasteiger partial charge in [0.15, 0.2) is 0 Å². The summed E-state index contributed by atoms with van der Waals surface area (Å²) < 4.78 is 0. The van der Waals surface area contributed by atoms with Crippen LogP contribution in [0.4, 0.5) is 0 Å². The molecule has 0 aromatic heterocycles. The van der Waals surface area contributed by atoms with Gasteiger partial charge in [0.1, 0.15) is 0 Å². The first kappa shape index (κ1) is 12.5. The van der Waals surface area contributed by atoms with Crippen LogP contribution in [0.1, 0.15) is 19.8 Å². The number of carbonyl (C=O) groups is 1. The number of nitrogens with one attached hydrogen (secondary N) is 2. The van der Waals surface area contributed by atoms with Crippen LogP contribution in [-0.2, 0) is 4.79 Å². The standard InChI is InChI=1S/C11H23N3O/c1-3-14(9-11(15)12-2)8-10-4-6-13-7-5-10/h10,13H,3-9H2,1-2H3,(H,12,15). The number of amides is 1. The zero-order valence-corrected chi connectivity index (χ0v) is 9.88. The third-order valence-corrected chi connectivity index (χ3v) is 3.07. The number of hydrogen-bond acceptors (Lipinski definition) is 3. The highest BCUT2D eigenvalue weighted by atomic mass is 16.1. The summed E-state index contributed by atoms with van der Waals surface area (Å²) >= 11 is 0. The van der Waals surface area contributed by atoms with Crippen LogP contribution in [0.15, 0.2) is 0 Å². The molecule has 1 saturated heterocycles. The molecular formula is C11H23N3O. The molecule has 0 spiro atoms. The topological polar surface area (TPSA) is 44.4 Å². The van der Waals surface area contributed by atoms with Crippen LogP contribution in [0.25, 0.3) is 0 Å². The number of rotatable bonds is 5. The molecule has 2 N–H and O–H groups in total. The van der Waals surface area contributed by atoms with Gasteiger partial charge in [0, 0.05) is 13.6 Å². The fraction of sp³-hybridized carbons (Fsp3) is 0.909. The molecule has 1 rings (SSSR count). The summed E-state index contributed by atoms with van der Waals surface area (Å²) in [6.45, 7) is 6.92. The maximum absolute atomic E-state index is 11.3. The van der Waals surface area contributed by atoms with E-state index >= 15 is 0 Å². The maximum Gasteiger partial charge on any atom is 0.233 e. The van der Waals surface area contributed by atoms with E-state index in [-0.39, 0.29) is 5.91 Å². The minimum Gasteiger partial charge on any atom is -0.358 e. The number of carbonyl (C=O) groups excluding carboxylic acids is 1. The van der Waals surface area contributed by atoms with Gasteiger partial charge in [-0.25, -0.2) is 0 Å². The van der Waals surface area contributed by atoms with Gasteiger partial charge in [-0.2, -0.15) is 0 Å². The lowest BCUT2D eigenvalue weighted by Gasteiger charge is -2.28. The van der Waals surface area contributed by atoms with Crippen molar-refractivity contribution < 1.29 is 4.79 Å². The van der Waals surface area contributed by atoms with E-state index in [0.29, 0.717) is 6.54 Å². The summed E-state index contributed by atoms with van der Waals surface area (Å²) in [5, 5.41) is 6.03. The van der Waals surface area contributed by atoms with Crippen LogP contribution in [0, 0.1) is 5.92 Å². The monoisotopic (exact) mass is 213 g/mol. The first-order valence-electron chi connectivity index (χ1n) is 5.90. The quantitative estimate of drug-likeness (QED) is 0.678. The molecule has 1 heterocycles. The van der Waals surface area contributed by atoms with Crippen molar-refractivity contribution in [3.05, 3.63) is 0 Å². The first-order valence-corrected chi connectivity index (χ1v) is 5.90. The Balaban J connectivity index is 2.28. The van der Waals surface area contributed by atoms with Crippen molar-refractivity contribution in [2.75, 3.05) is 39.8 Å². The second kappa shape index (κ2) is 6.80. The van der Waals surface area contributed by atoms with E-state index in [0.717, 1.165) is 32.1 Å². The average molecular weight is 213 g/mol. The third kappa shape index (κ3) is 4.62. The van der Waals surface area contributed by atoms with Crippen LogP contribution in [0.3, 0.4) is 0 Å². The summed E-state index contributed by atoms with van der Waals surface area (Å²) in [5.74, 6) is 0.877. The fourth-order valence-electron chi connectivity index (χ4n) is 2.02. The summed E-state index contributed by atoms with van der Waals surface area (Å²) in [5.41, 5.74) is 0. The van der Waals surface area contributed by atoms with E-state index in [1.807, 2.05) is 0 Å². The maximum atomic E-state index is 11.3. The Bertz CT molecular complexity index is 190. The molecule has 4 nitrogen and oxygen atoms in total. The Labute approximate surface area is 92.4 Å². The summed E-state index contributed by atoms with van der Waals surface area (Å²) in [7, 11) is 1.70. The molecule has 0 aromatic carbocycles. The molecule has 0 unspecified atom stereocenters. The van der Waals surface area contributed by atoms with E-state index in [9.17, 15) is 4.79 Å². The zero-order chi connectivity index (χ0) is 11.1. The molecule has 0 aromatic rings. The predicted molar refractivity (Wildman–Crippen MR) is 61.8 cm³/mol. The molecule has 0 aliphatic carbocycles. The highest BCUT2D eigenvalue weighted by Crippen LogP contribution is 2.12. The highest BCUT2D eigenvalue weighted by Gasteiger charge is 2.17. The minimum atomic E-state index is 0.116. The Morgan fingerprint density at radius 2 is 2.13 bits per heavy atom. The highest BCUT2D eigenvalue weighted by molar-refractivity contribution is 5.77. The van der Waals surface area contributed by atoms with Crippen LogP contribution in [0.2, 0.25) is 0 Å². The van der Waals surface area contributed by atoms with E-state index in [1.165, 1.54) is 12.8 Å². The normalized spacial score (nSPS) is 18.1. The minimum absolute atomic E-state index is 0.116. The Morgan fingerprint density at radius 1 is 1.47 bits per heavy atom. The Kier molecular flexibility index (Phi) is 5.65. The molecule has 0 saturated carbocycles. The molecule has 1 aliphatic heterocycles. The molecular weight excluding hydrogens is 190 g/mol. The van der Waals surface area contributed by atoms with E-state index < -0.39 is 0 Å². The second-order valence-electron chi connectivity index (χ2n) is 4.19. The van der Waals surface area contributed by atoms with Gasteiger partial charge in [0.25, 0.3) is 0 Å². The Morgan fingerprint density at radius 3 is 2.67 bits per heavy atom. The largest absolute Gasteiger partial charge is 0.358 e. The smallest absolute Gasteiger partial charge is 0.233 e. The number of nitrogens with zero attached hydrogens (tertiary/aromatic N) is 1. The van der Waals surface area contributed by atoms with E-state index in [2.05, 4.69) is 22.5 Å². The summed E-state index contributed by atoms with van der Waals surface area (Å²) in [6, 6.07) is 0. The van der Waals surface area contributed by atoms with Gasteiger partial charge < -0.3 is 10.6 Å². The molecule has 0 radical (unpaired) electrons. The lowest BCUT2D eigenvalue weighted by Crippen LogP contribution is -2.40. The van der Waals surface area contributed by atoms with Crippen molar-refractivity contribution in [1.29, 1.82) is 0 Å². The van der Waals surface area contributed by atoms with Gasteiger partial charge in [-0.1, -0.05) is 6.92 Å². The molecule has 1 aliphatic rings. The number of likely N-dealkylation sites (N-methyl/N-ethyl adjacent to an activating group) is 2. The first-order chi connectivity index (χ1) is 7.26. The van der Waals surface area contributed by atoms with Crippen molar-refractivity contribution >= 4 is 5.91 Å². The Hall–Kier alpha value is -0.610. The second-order valence-corrected chi connectivity index (χ2v) is 4.19. The van der Waals surface area contributed by atoms with Gasteiger partial charge in [0.2, 0.25) is 5.91 Å². The van der Waals surface area contributed by atoms with Crippen LogP contribution < -0.4 is 10.6 Å². The van der Waals surface area contributed by atoms with Gasteiger partial charge in [-0.15, -0.1) is 0 Å². The van der Waals surface area contributed by atoms with Crippen molar-refractivity contribution in [3.63, 3.8) is 0 Å². The molecule has 88 valence electrons. The number of hydrogen-bond donors (Lipinski definition) is 2. The van der Waals surface area contributed by atoms with Crippen molar-refractivity contribution in [1.82, 2.24) is 15.5 Å². The van der Waals surface area contributed by atoms with Crippen LogP contribution in [0.5, 0.6) is 0 Å². The predicted octanol–water partition coefficient (Wildman–Crippen LogP) is 0.0539. The lowest BCUT2D eigenvalue weighted by molar-refractivity contribution is -0.121. The van der Waals surface area contributed by atoms with Gasteiger partial charge in [0.05, 0.1) is 6.54 Å². The molecule has 0 bridgehead atoms. The zero-order valence-electron chi connectivity index (χ0n) is 9.88. The SMILES string of the molecule is CCN(CC(=O)NC)CC1CCNCC1. The number of piperidine rings is 1. The summed E-state index contributed by atoms with van der Waals surface area (Å²) in [4.78, 5) is 13.5. The average Bonchev–Trinajstić information content (AvgIpc) is 2.29. The molecule has 0 atom stereocenters. The van der Waals surface area contributed by atoms with Gasteiger partial charge in [-0.05, 0) is 38.4 Å². The van der Waals surface area contributed by atoms with Gasteiger partial charge >= 0.3 is 0 Å². The lowest BCUT2D eigenvalue weighted by atomic mass is 9.97. The fourth-order valence-corrected chi connectivity index (χ4v) is 2.02. The van der Waals surface area contributed by atoms with Crippen molar-refractivity contribution in [3.8, 4) is 0 Å². The molecule has 4 heteroatoms. The summed E-state index contributed by atoms with van der Waals surface area (Å²) in [6.07, 6.45) is 2.48. The van der Waals surface area contributed by atoms with Crippen molar-refractivity contribution in [2.24, 2.45) is 5.92 Å². The van der Waals surface area contributed by atoms with E-state index in [1.54, 1.807) is 7.05 Å². The van der Waals surface area contributed by atoms with Crippen LogP contribution in [-0.4, -0.2) is 50.6 Å². The van der Waals surface area contributed by atoms with Crippen molar-refractivity contribution in [2.45, 2.75) is 19.8 Å². The third-order valence-electron chi connectivity index (χ3n) is 3.07. The molecule has 1 fully saturated rings. The molecule has 15 heavy (non-hydrogen) atoms.